The van der Waals surface area contributed by atoms with Crippen LogP contribution in [0, 0.1) is 0 Å². The van der Waals surface area contributed by atoms with E-state index >= 15 is 0 Å². The third-order valence-electron chi connectivity index (χ3n) is 4.39. The predicted molar refractivity (Wildman–Crippen MR) is 125 cm³/mol. The Morgan fingerprint density at radius 1 is 1.03 bits per heavy atom. The number of carboxylic acid groups (broad SMARTS) is 1. The first kappa shape index (κ1) is 29.2. The van der Waals surface area contributed by atoms with Gasteiger partial charge in [0.2, 0.25) is 0 Å². The molecule has 0 aliphatic rings. The zero-order chi connectivity index (χ0) is 24.2. The lowest BCUT2D eigenvalue weighted by Gasteiger charge is -2.29. The normalized spacial score (nSPS) is 14.7. The molecule has 32 heavy (non-hydrogen) atoms. The first-order chi connectivity index (χ1) is 14.9. The number of carboxylic acids is 1. The van der Waals surface area contributed by atoms with Gasteiger partial charge in [-0.25, -0.2) is 4.57 Å². The van der Waals surface area contributed by atoms with Crippen molar-refractivity contribution < 1.29 is 37.6 Å². The Hall–Kier alpha value is -0.860. The van der Waals surface area contributed by atoms with Gasteiger partial charge in [0.1, 0.15) is 12.6 Å². The average Bonchev–Trinajstić information content (AvgIpc) is 2.62. The molecule has 1 rings (SSSR count). The molecule has 0 amide bonds. The third kappa shape index (κ3) is 13.6. The summed E-state index contributed by atoms with van der Waals surface area (Å²) in [6.45, 7) is 0.876. The van der Waals surface area contributed by atoms with Gasteiger partial charge >= 0.3 is 13.8 Å². The van der Waals surface area contributed by atoms with Gasteiger partial charge in [0.25, 0.3) is 0 Å². The SMILES string of the molecule is C[N+](C)(C)CC(CC(=O)O)OP(=O)(O)OCCCCCCCCOc1c(Cl)cccc1Cl. The number of para-hydroxylation sites is 1. The van der Waals surface area contributed by atoms with Crippen LogP contribution in [0.2, 0.25) is 10.0 Å². The van der Waals surface area contributed by atoms with Crippen LogP contribution in [0.15, 0.2) is 18.2 Å². The fourth-order valence-corrected chi connectivity index (χ4v) is 4.49. The molecule has 0 aliphatic heterocycles. The van der Waals surface area contributed by atoms with Crippen LogP contribution in [-0.2, 0) is 18.4 Å². The molecule has 184 valence electrons. The van der Waals surface area contributed by atoms with Gasteiger partial charge in [-0.3, -0.25) is 13.8 Å². The zero-order valence-electron chi connectivity index (χ0n) is 19.0. The van der Waals surface area contributed by atoms with E-state index in [1.54, 1.807) is 18.2 Å². The van der Waals surface area contributed by atoms with E-state index < -0.39 is 19.9 Å². The summed E-state index contributed by atoms with van der Waals surface area (Å²) in [5, 5.41) is 9.98. The van der Waals surface area contributed by atoms with Gasteiger partial charge < -0.3 is 19.2 Å². The Morgan fingerprint density at radius 3 is 2.09 bits per heavy atom. The van der Waals surface area contributed by atoms with Crippen molar-refractivity contribution in [3.63, 3.8) is 0 Å². The number of quaternary nitrogens is 1. The fourth-order valence-electron chi connectivity index (χ4n) is 3.05. The molecule has 0 heterocycles. The van der Waals surface area contributed by atoms with Gasteiger partial charge in [-0.1, -0.05) is 55.0 Å². The first-order valence-corrected chi connectivity index (χ1v) is 12.9. The summed E-state index contributed by atoms with van der Waals surface area (Å²) in [5.41, 5.74) is 0. The summed E-state index contributed by atoms with van der Waals surface area (Å²) in [6.07, 6.45) is 3.98. The molecule has 11 heteroatoms. The summed E-state index contributed by atoms with van der Waals surface area (Å²) < 4.78 is 28.3. The number of carbonyl (C=O) groups is 1. The number of hydrogen-bond acceptors (Lipinski definition) is 5. The second kappa shape index (κ2) is 14.4. The minimum absolute atomic E-state index is 0.0755. The number of aliphatic carboxylic acids is 1. The number of halogens is 2. The molecular weight excluding hydrogens is 480 g/mol. The minimum Gasteiger partial charge on any atom is -0.490 e. The second-order valence-corrected chi connectivity index (χ2v) is 10.8. The van der Waals surface area contributed by atoms with Crippen molar-refractivity contribution >= 4 is 37.0 Å². The molecule has 2 unspecified atom stereocenters. The average molecular weight is 515 g/mol. The summed E-state index contributed by atoms with van der Waals surface area (Å²) in [4.78, 5) is 20.9. The fraction of sp³-hybridized carbons (Fsp3) is 0.667. The number of likely N-dealkylation sites (N-methyl/N-ethyl adjacent to an activating group) is 1. The molecule has 1 aromatic rings. The number of phosphoric acid groups is 1. The van der Waals surface area contributed by atoms with Crippen molar-refractivity contribution in [3.8, 4) is 5.75 Å². The number of benzene rings is 1. The lowest BCUT2D eigenvalue weighted by Crippen LogP contribution is -2.42. The molecule has 0 aromatic heterocycles. The van der Waals surface area contributed by atoms with Gasteiger partial charge in [-0.05, 0) is 25.0 Å². The Labute approximate surface area is 200 Å². The monoisotopic (exact) mass is 514 g/mol. The van der Waals surface area contributed by atoms with E-state index in [9.17, 15) is 14.3 Å². The van der Waals surface area contributed by atoms with Crippen molar-refractivity contribution in [2.75, 3.05) is 40.9 Å². The van der Waals surface area contributed by atoms with Crippen LogP contribution in [0.25, 0.3) is 0 Å². The van der Waals surface area contributed by atoms with E-state index in [1.807, 2.05) is 21.1 Å². The maximum atomic E-state index is 12.1. The van der Waals surface area contributed by atoms with E-state index in [-0.39, 0.29) is 19.6 Å². The summed E-state index contributed by atoms with van der Waals surface area (Å²) in [7, 11) is 1.23. The summed E-state index contributed by atoms with van der Waals surface area (Å²) in [6, 6.07) is 5.23. The maximum Gasteiger partial charge on any atom is 0.472 e. The molecule has 8 nitrogen and oxygen atoms in total. The van der Waals surface area contributed by atoms with E-state index in [0.717, 1.165) is 32.1 Å². The Morgan fingerprint density at radius 2 is 1.56 bits per heavy atom. The van der Waals surface area contributed by atoms with E-state index in [0.29, 0.717) is 33.3 Å². The van der Waals surface area contributed by atoms with Gasteiger partial charge in [-0.15, -0.1) is 0 Å². The highest BCUT2D eigenvalue weighted by molar-refractivity contribution is 7.47. The smallest absolute Gasteiger partial charge is 0.472 e. The highest BCUT2D eigenvalue weighted by atomic mass is 35.5. The Balaban J connectivity index is 2.16. The molecule has 1 aromatic carbocycles. The number of unbranched alkanes of at least 4 members (excludes halogenated alkanes) is 5. The van der Waals surface area contributed by atoms with Crippen molar-refractivity contribution in [2.24, 2.45) is 0 Å². The van der Waals surface area contributed by atoms with Crippen LogP contribution in [-0.4, -0.2) is 67.5 Å². The van der Waals surface area contributed by atoms with Gasteiger partial charge in [0.15, 0.2) is 5.75 Å². The first-order valence-electron chi connectivity index (χ1n) is 10.6. The Kier molecular flexibility index (Phi) is 13.1. The van der Waals surface area contributed by atoms with Crippen LogP contribution in [0.3, 0.4) is 0 Å². The van der Waals surface area contributed by atoms with E-state index in [4.69, 9.17) is 42.1 Å². The van der Waals surface area contributed by atoms with Crippen LogP contribution in [0.5, 0.6) is 5.75 Å². The van der Waals surface area contributed by atoms with Crippen LogP contribution in [0.1, 0.15) is 44.9 Å². The number of phosphoric ester groups is 1. The molecule has 2 atom stereocenters. The standard InChI is InChI=1S/C21H34Cl2NO7P/c1-24(2,3)16-17(15-20(25)26)31-32(27,28)30-14-9-7-5-4-6-8-13-29-21-18(22)11-10-12-19(21)23/h10-12,17H,4-9,13-16H2,1-3H3,(H-,25,26,27,28)/p+1. The molecule has 0 radical (unpaired) electrons. The highest BCUT2D eigenvalue weighted by Crippen LogP contribution is 2.45. The number of nitrogens with zero attached hydrogens (tertiary/aromatic N) is 1. The third-order valence-corrected chi connectivity index (χ3v) is 6.06. The molecular formula is C21H35Cl2NO7P+. The van der Waals surface area contributed by atoms with Crippen molar-refractivity contribution in [2.45, 2.75) is 51.0 Å². The lowest BCUT2D eigenvalue weighted by molar-refractivity contribution is -0.873. The van der Waals surface area contributed by atoms with E-state index in [2.05, 4.69) is 0 Å². The van der Waals surface area contributed by atoms with Gasteiger partial charge in [0.05, 0.1) is 50.8 Å². The molecule has 0 saturated heterocycles. The Bertz CT molecular complexity index is 738. The van der Waals surface area contributed by atoms with Gasteiger partial charge in [-0.2, -0.15) is 0 Å². The van der Waals surface area contributed by atoms with Crippen molar-refractivity contribution in [1.82, 2.24) is 0 Å². The number of hydrogen-bond donors (Lipinski definition) is 2. The highest BCUT2D eigenvalue weighted by Gasteiger charge is 2.31. The number of ether oxygens (including phenoxy) is 1. The maximum absolute atomic E-state index is 12.1. The van der Waals surface area contributed by atoms with Gasteiger partial charge in [0, 0.05) is 0 Å². The van der Waals surface area contributed by atoms with Crippen molar-refractivity contribution in [1.29, 1.82) is 0 Å². The summed E-state index contributed by atoms with van der Waals surface area (Å²) >= 11 is 12.1. The predicted octanol–water partition coefficient (Wildman–Crippen LogP) is 5.40. The molecule has 0 saturated carbocycles. The quantitative estimate of drug-likeness (QED) is 0.163. The van der Waals surface area contributed by atoms with Crippen molar-refractivity contribution in [3.05, 3.63) is 28.2 Å². The lowest BCUT2D eigenvalue weighted by atomic mass is 10.1. The summed E-state index contributed by atoms with van der Waals surface area (Å²) in [5.74, 6) is -0.584. The molecule has 2 N–H and O–H groups in total. The second-order valence-electron chi connectivity index (χ2n) is 8.62. The van der Waals surface area contributed by atoms with Crippen LogP contribution < -0.4 is 4.74 Å². The van der Waals surface area contributed by atoms with Crippen LogP contribution >= 0.6 is 31.0 Å². The molecule has 0 fully saturated rings. The zero-order valence-corrected chi connectivity index (χ0v) is 21.4. The van der Waals surface area contributed by atoms with E-state index in [1.165, 1.54) is 0 Å². The largest absolute Gasteiger partial charge is 0.490 e. The minimum atomic E-state index is -4.31. The molecule has 0 bridgehead atoms. The number of rotatable bonds is 17. The molecule has 0 spiro atoms. The van der Waals surface area contributed by atoms with Crippen LogP contribution in [0.4, 0.5) is 0 Å². The topological polar surface area (TPSA) is 102 Å². The molecule has 0 aliphatic carbocycles.